The lowest BCUT2D eigenvalue weighted by molar-refractivity contribution is 0.102. The third-order valence-electron chi connectivity index (χ3n) is 6.90. The van der Waals surface area contributed by atoms with Crippen LogP contribution in [0.25, 0.3) is 0 Å². The van der Waals surface area contributed by atoms with Crippen molar-refractivity contribution in [2.45, 2.75) is 56.9 Å². The molecule has 0 atom stereocenters. The van der Waals surface area contributed by atoms with Crippen molar-refractivity contribution in [2.24, 2.45) is 5.41 Å². The number of anilines is 2. The highest BCUT2D eigenvalue weighted by molar-refractivity contribution is 7.91. The Balaban J connectivity index is 1.64. The average Bonchev–Trinajstić information content (AvgIpc) is 3.56. The Morgan fingerprint density at radius 1 is 1.17 bits per heavy atom. The van der Waals surface area contributed by atoms with Crippen molar-refractivity contribution in [1.29, 1.82) is 0 Å². The molecular weight excluding hydrogens is 490 g/mol. The minimum absolute atomic E-state index is 0.0334. The van der Waals surface area contributed by atoms with Crippen molar-refractivity contribution in [1.82, 2.24) is 15.3 Å². The van der Waals surface area contributed by atoms with Gasteiger partial charge in [-0.2, -0.15) is 0 Å². The number of carbonyl (C=O) groups is 1. The van der Waals surface area contributed by atoms with E-state index in [0.717, 1.165) is 25.9 Å². The molecule has 2 aromatic rings. The predicted octanol–water partition coefficient (Wildman–Crippen LogP) is 3.16. The van der Waals surface area contributed by atoms with Gasteiger partial charge >= 0.3 is 0 Å². The second-order valence-electron chi connectivity index (χ2n) is 10.3. The van der Waals surface area contributed by atoms with Gasteiger partial charge in [0, 0.05) is 30.4 Å². The van der Waals surface area contributed by atoms with Crippen LogP contribution in [0.15, 0.2) is 29.2 Å². The number of sulfone groups is 1. The van der Waals surface area contributed by atoms with Gasteiger partial charge in [0.05, 0.1) is 22.8 Å². The summed E-state index contributed by atoms with van der Waals surface area (Å²) in [6.45, 7) is 6.53. The van der Waals surface area contributed by atoms with E-state index in [4.69, 9.17) is 11.6 Å². The van der Waals surface area contributed by atoms with E-state index in [1.807, 2.05) is 0 Å². The van der Waals surface area contributed by atoms with Crippen LogP contribution in [0, 0.1) is 12.3 Å². The first-order chi connectivity index (χ1) is 16.4. The Bertz CT molecular complexity index is 1200. The normalized spacial score (nSPS) is 17.5. The summed E-state index contributed by atoms with van der Waals surface area (Å²) in [6, 6.07) is 6.20. The molecule has 1 spiro atoms. The summed E-state index contributed by atoms with van der Waals surface area (Å²) in [5, 5.41) is 15.1. The molecule has 2 heterocycles. The summed E-state index contributed by atoms with van der Waals surface area (Å²) in [6.07, 6.45) is 4.53. The largest absolute Gasteiger partial charge is 0.394 e. The molecule has 4 rings (SSSR count). The molecule has 2 aliphatic rings. The number of hydrogen-bond donors (Lipinski definition) is 3. The van der Waals surface area contributed by atoms with E-state index in [-0.39, 0.29) is 28.5 Å². The van der Waals surface area contributed by atoms with Crippen molar-refractivity contribution in [3.05, 3.63) is 40.8 Å². The van der Waals surface area contributed by atoms with Crippen molar-refractivity contribution in [3.8, 4) is 0 Å². The van der Waals surface area contributed by atoms with Crippen LogP contribution in [-0.2, 0) is 9.84 Å². The molecule has 1 aliphatic carbocycles. The van der Waals surface area contributed by atoms with E-state index in [0.29, 0.717) is 22.4 Å². The van der Waals surface area contributed by atoms with E-state index < -0.39 is 21.3 Å². The number of halogens is 1. The molecule has 1 aromatic carbocycles. The maximum Gasteiger partial charge on any atom is 0.258 e. The number of aryl methyl sites for hydroxylation is 1. The molecule has 0 radical (unpaired) electrons. The van der Waals surface area contributed by atoms with Gasteiger partial charge in [-0.05, 0) is 81.7 Å². The third-order valence-corrected chi connectivity index (χ3v) is 8.56. The van der Waals surface area contributed by atoms with Gasteiger partial charge in [0.25, 0.3) is 5.91 Å². The molecule has 1 aromatic heterocycles. The highest BCUT2D eigenvalue weighted by Crippen LogP contribution is 2.54. The number of amides is 1. The number of aliphatic hydroxyl groups excluding tert-OH is 1. The zero-order valence-corrected chi connectivity index (χ0v) is 21.8. The number of aliphatic hydroxyl groups is 1. The zero-order valence-electron chi connectivity index (χ0n) is 20.3. The molecule has 3 N–H and O–H groups in total. The molecule has 2 fully saturated rings. The van der Waals surface area contributed by atoms with Crippen molar-refractivity contribution in [3.63, 3.8) is 0 Å². The molecule has 190 valence electrons. The molecule has 0 unspecified atom stereocenters. The first kappa shape index (κ1) is 25.8. The lowest BCUT2D eigenvalue weighted by Crippen LogP contribution is -2.45. The van der Waals surface area contributed by atoms with Gasteiger partial charge < -0.3 is 15.3 Å². The van der Waals surface area contributed by atoms with E-state index in [1.54, 1.807) is 39.0 Å². The Kier molecular flexibility index (Phi) is 7.11. The van der Waals surface area contributed by atoms with E-state index in [9.17, 15) is 18.3 Å². The fraction of sp³-hybridized carbons (Fsp3) is 0.542. The second-order valence-corrected chi connectivity index (χ2v) is 12.6. The van der Waals surface area contributed by atoms with Crippen LogP contribution in [0.3, 0.4) is 0 Å². The smallest absolute Gasteiger partial charge is 0.258 e. The quantitative estimate of drug-likeness (QED) is 0.452. The fourth-order valence-electron chi connectivity index (χ4n) is 4.27. The minimum Gasteiger partial charge on any atom is -0.394 e. The Morgan fingerprint density at radius 2 is 1.86 bits per heavy atom. The number of rotatable bonds is 8. The molecule has 9 nitrogen and oxygen atoms in total. The summed E-state index contributed by atoms with van der Waals surface area (Å²) in [5.74, 6) is -0.446. The van der Waals surface area contributed by atoms with Crippen LogP contribution in [0.2, 0.25) is 5.28 Å². The van der Waals surface area contributed by atoms with E-state index in [1.165, 1.54) is 18.9 Å². The van der Waals surface area contributed by atoms with Crippen LogP contribution < -0.4 is 15.5 Å². The number of aromatic nitrogens is 2. The van der Waals surface area contributed by atoms with Crippen LogP contribution in [-0.4, -0.2) is 60.5 Å². The molecule has 11 heteroatoms. The SMILES string of the molecule is Cc1cc(NC(=O)c2ccc(S(=O)(=O)CNC(C)(C)CO)cc2N2CCC3(CC2)CC3)nc(Cl)n1. The topological polar surface area (TPSA) is 125 Å². The van der Waals surface area contributed by atoms with Crippen molar-refractivity contribution < 1.29 is 18.3 Å². The van der Waals surface area contributed by atoms with Crippen molar-refractivity contribution in [2.75, 3.05) is 35.8 Å². The standard InChI is InChI=1S/C24H32ClN5O4S/c1-16-12-20(29-22(25)27-16)28-21(32)18-5-4-17(35(33,34)15-26-23(2,3)14-31)13-19(18)30-10-8-24(6-7-24)9-11-30/h4-5,12-13,26,31H,6-11,14-15H2,1-3H3,(H,27,28,29,32). The van der Waals surface area contributed by atoms with Crippen LogP contribution in [0.1, 0.15) is 55.6 Å². The average molecular weight is 522 g/mol. The molecule has 0 bridgehead atoms. The number of nitrogens with zero attached hydrogens (tertiary/aromatic N) is 3. The van der Waals surface area contributed by atoms with Gasteiger partial charge in [0.1, 0.15) is 11.7 Å². The molecular formula is C24H32ClN5O4S. The van der Waals surface area contributed by atoms with Crippen LogP contribution in [0.4, 0.5) is 11.5 Å². The van der Waals surface area contributed by atoms with Crippen molar-refractivity contribution >= 4 is 38.9 Å². The number of carbonyl (C=O) groups excluding carboxylic acids is 1. The van der Waals surface area contributed by atoms with Gasteiger partial charge in [-0.15, -0.1) is 0 Å². The Labute approximate surface area is 211 Å². The summed E-state index contributed by atoms with van der Waals surface area (Å²) < 4.78 is 26.2. The van der Waals surface area contributed by atoms with Gasteiger partial charge in [-0.1, -0.05) is 0 Å². The summed E-state index contributed by atoms with van der Waals surface area (Å²) in [5.41, 5.74) is 1.26. The minimum atomic E-state index is -3.71. The molecule has 1 aliphatic heterocycles. The van der Waals surface area contributed by atoms with Crippen LogP contribution in [0.5, 0.6) is 0 Å². The summed E-state index contributed by atoms with van der Waals surface area (Å²) in [7, 11) is -3.71. The first-order valence-electron chi connectivity index (χ1n) is 11.7. The second kappa shape index (κ2) is 9.65. The highest BCUT2D eigenvalue weighted by atomic mass is 35.5. The number of hydrogen-bond acceptors (Lipinski definition) is 8. The number of piperidine rings is 1. The zero-order chi connectivity index (χ0) is 25.4. The predicted molar refractivity (Wildman–Crippen MR) is 136 cm³/mol. The third kappa shape index (κ3) is 6.11. The van der Waals surface area contributed by atoms with Crippen LogP contribution >= 0.6 is 11.6 Å². The summed E-state index contributed by atoms with van der Waals surface area (Å²) in [4.78, 5) is 23.6. The fourth-order valence-corrected chi connectivity index (χ4v) is 5.81. The van der Waals surface area contributed by atoms with Gasteiger partial charge in [0.2, 0.25) is 5.28 Å². The monoisotopic (exact) mass is 521 g/mol. The van der Waals surface area contributed by atoms with Gasteiger partial charge in [-0.3, -0.25) is 10.1 Å². The first-order valence-corrected chi connectivity index (χ1v) is 13.8. The van der Waals surface area contributed by atoms with Gasteiger partial charge in [0.15, 0.2) is 9.84 Å². The summed E-state index contributed by atoms with van der Waals surface area (Å²) >= 11 is 5.94. The van der Waals surface area contributed by atoms with E-state index >= 15 is 0 Å². The molecule has 1 saturated heterocycles. The number of benzene rings is 1. The molecule has 35 heavy (non-hydrogen) atoms. The maximum absolute atomic E-state index is 13.3. The maximum atomic E-state index is 13.3. The number of nitrogens with one attached hydrogen (secondary N) is 2. The van der Waals surface area contributed by atoms with E-state index in [2.05, 4.69) is 25.5 Å². The Hall–Kier alpha value is -2.27. The van der Waals surface area contributed by atoms with Gasteiger partial charge in [-0.25, -0.2) is 18.4 Å². The lowest BCUT2D eigenvalue weighted by Gasteiger charge is -2.35. The highest BCUT2D eigenvalue weighted by Gasteiger charge is 2.44. The molecule has 1 saturated carbocycles. The lowest BCUT2D eigenvalue weighted by atomic mass is 9.93. The molecule has 1 amide bonds. The Morgan fingerprint density at radius 3 is 2.46 bits per heavy atom.